The van der Waals surface area contributed by atoms with Gasteiger partial charge >= 0.3 is 17.9 Å². The number of rotatable bonds is 55. The Labute approximate surface area is 417 Å². The molecule has 1 unspecified atom stereocenters. The van der Waals surface area contributed by atoms with Gasteiger partial charge in [0, 0.05) is 19.3 Å². The van der Waals surface area contributed by atoms with Gasteiger partial charge in [-0.2, -0.15) is 0 Å². The largest absolute Gasteiger partial charge is 0.462 e. The van der Waals surface area contributed by atoms with E-state index in [1.165, 1.54) is 218 Å². The van der Waals surface area contributed by atoms with E-state index in [4.69, 9.17) is 14.2 Å². The zero-order valence-corrected chi connectivity index (χ0v) is 45.2. The first-order valence-electron chi connectivity index (χ1n) is 29.8. The van der Waals surface area contributed by atoms with Crippen LogP contribution in [-0.2, 0) is 28.6 Å². The average molecular weight is 944 g/mol. The van der Waals surface area contributed by atoms with E-state index < -0.39 is 6.10 Å². The lowest BCUT2D eigenvalue weighted by Crippen LogP contribution is -2.30. The van der Waals surface area contributed by atoms with Gasteiger partial charge in [0.1, 0.15) is 13.2 Å². The molecule has 0 radical (unpaired) electrons. The van der Waals surface area contributed by atoms with Crippen molar-refractivity contribution in [1.29, 1.82) is 0 Å². The van der Waals surface area contributed by atoms with Crippen LogP contribution in [0.4, 0.5) is 0 Å². The molecule has 0 aliphatic heterocycles. The lowest BCUT2D eigenvalue weighted by Gasteiger charge is -2.18. The molecule has 0 aliphatic carbocycles. The van der Waals surface area contributed by atoms with Crippen molar-refractivity contribution >= 4 is 17.9 Å². The van der Waals surface area contributed by atoms with Gasteiger partial charge in [0.2, 0.25) is 0 Å². The van der Waals surface area contributed by atoms with Crippen molar-refractivity contribution in [3.05, 3.63) is 24.3 Å². The third-order valence-electron chi connectivity index (χ3n) is 13.4. The van der Waals surface area contributed by atoms with Crippen molar-refractivity contribution in [2.75, 3.05) is 13.2 Å². The molecule has 0 aromatic carbocycles. The van der Waals surface area contributed by atoms with Crippen LogP contribution in [0, 0.1) is 0 Å². The van der Waals surface area contributed by atoms with Gasteiger partial charge in [-0.3, -0.25) is 14.4 Å². The first kappa shape index (κ1) is 64.9. The molecular weight excluding hydrogens is 829 g/mol. The minimum Gasteiger partial charge on any atom is -0.462 e. The van der Waals surface area contributed by atoms with Gasteiger partial charge in [-0.05, 0) is 70.6 Å². The Balaban J connectivity index is 4.22. The molecule has 6 nitrogen and oxygen atoms in total. The summed E-state index contributed by atoms with van der Waals surface area (Å²) in [4.78, 5) is 38.1. The normalized spacial score (nSPS) is 12.1. The number of carbonyl (C=O) groups excluding carboxylic acids is 3. The summed E-state index contributed by atoms with van der Waals surface area (Å²) in [6.45, 7) is 6.64. The topological polar surface area (TPSA) is 78.9 Å². The smallest absolute Gasteiger partial charge is 0.306 e. The predicted molar refractivity (Wildman–Crippen MR) is 289 cm³/mol. The van der Waals surface area contributed by atoms with Crippen LogP contribution in [0.5, 0.6) is 0 Å². The number of unbranched alkanes of at least 4 members (excludes halogenated alkanes) is 40. The predicted octanol–water partition coefficient (Wildman–Crippen LogP) is 19.9. The highest BCUT2D eigenvalue weighted by atomic mass is 16.6. The van der Waals surface area contributed by atoms with Crippen LogP contribution in [-0.4, -0.2) is 37.2 Å². The summed E-state index contributed by atoms with van der Waals surface area (Å²) in [6.07, 6.45) is 66.1. The fourth-order valence-corrected chi connectivity index (χ4v) is 8.91. The third-order valence-corrected chi connectivity index (χ3v) is 13.4. The molecule has 0 bridgehead atoms. The number of allylic oxidation sites excluding steroid dienone is 4. The molecule has 67 heavy (non-hydrogen) atoms. The molecule has 0 aromatic rings. The van der Waals surface area contributed by atoms with Gasteiger partial charge < -0.3 is 14.2 Å². The highest BCUT2D eigenvalue weighted by molar-refractivity contribution is 5.71. The van der Waals surface area contributed by atoms with E-state index in [1.54, 1.807) is 0 Å². The molecule has 0 aliphatic rings. The van der Waals surface area contributed by atoms with Crippen molar-refractivity contribution in [2.24, 2.45) is 0 Å². The number of ether oxygens (including phenoxy) is 3. The second kappa shape index (κ2) is 56.5. The van der Waals surface area contributed by atoms with E-state index in [0.29, 0.717) is 19.3 Å². The van der Waals surface area contributed by atoms with Crippen LogP contribution < -0.4 is 0 Å². The number of hydrogen-bond acceptors (Lipinski definition) is 6. The quantitative estimate of drug-likeness (QED) is 0.0262. The number of esters is 3. The van der Waals surface area contributed by atoms with Gasteiger partial charge in [0.15, 0.2) is 6.10 Å². The molecule has 0 amide bonds. The average Bonchev–Trinajstić information content (AvgIpc) is 3.33. The van der Waals surface area contributed by atoms with Crippen molar-refractivity contribution < 1.29 is 28.6 Å². The summed E-state index contributed by atoms with van der Waals surface area (Å²) in [7, 11) is 0. The Hall–Kier alpha value is -2.11. The Bertz CT molecular complexity index is 1080. The minimum atomic E-state index is -0.775. The molecule has 0 aromatic heterocycles. The van der Waals surface area contributed by atoms with Crippen LogP contribution in [0.2, 0.25) is 0 Å². The van der Waals surface area contributed by atoms with Crippen LogP contribution in [0.1, 0.15) is 329 Å². The number of carbonyl (C=O) groups is 3. The van der Waals surface area contributed by atoms with E-state index in [2.05, 4.69) is 45.1 Å². The lowest BCUT2D eigenvalue weighted by molar-refractivity contribution is -0.167. The maximum atomic E-state index is 12.8. The van der Waals surface area contributed by atoms with Gasteiger partial charge in [0.05, 0.1) is 0 Å². The Kier molecular flexibility index (Phi) is 54.7. The van der Waals surface area contributed by atoms with Crippen molar-refractivity contribution in [3.8, 4) is 0 Å². The standard InChI is InChI=1S/C61H114O6/c1-4-7-10-13-16-19-22-25-26-27-28-29-30-31-32-33-34-37-39-42-45-48-51-54-60(63)66-57-58(67-61(64)55-52-49-46-43-40-36-24-21-18-15-12-9-6-3)56-65-59(62)53-50-47-44-41-38-35-23-20-17-14-11-8-5-2/h20-21,23-24,58H,4-19,22,25-57H2,1-3H3/b23-20-,24-21-. The molecule has 0 spiro atoms. The van der Waals surface area contributed by atoms with Crippen molar-refractivity contribution in [3.63, 3.8) is 0 Å². The SMILES string of the molecule is CCCCCC/C=C\CCCCCCCC(=O)OCC(COC(=O)CCCCCCCCCCCCCCCCCCCCCCCCC)OC(=O)CCCCCCC/C=C\CCCCCC. The van der Waals surface area contributed by atoms with Crippen LogP contribution in [0.3, 0.4) is 0 Å². The van der Waals surface area contributed by atoms with E-state index in [9.17, 15) is 14.4 Å². The summed E-state index contributed by atoms with van der Waals surface area (Å²) in [5, 5.41) is 0. The Morgan fingerprint density at radius 1 is 0.284 bits per heavy atom. The highest BCUT2D eigenvalue weighted by Gasteiger charge is 2.19. The van der Waals surface area contributed by atoms with E-state index >= 15 is 0 Å². The molecule has 0 fully saturated rings. The van der Waals surface area contributed by atoms with E-state index in [0.717, 1.165) is 70.6 Å². The Morgan fingerprint density at radius 2 is 0.493 bits per heavy atom. The van der Waals surface area contributed by atoms with Gasteiger partial charge in [0.25, 0.3) is 0 Å². The van der Waals surface area contributed by atoms with Gasteiger partial charge in [-0.15, -0.1) is 0 Å². The highest BCUT2D eigenvalue weighted by Crippen LogP contribution is 2.17. The second-order valence-corrected chi connectivity index (χ2v) is 20.3. The monoisotopic (exact) mass is 943 g/mol. The molecule has 0 N–H and O–H groups in total. The summed E-state index contributed by atoms with van der Waals surface area (Å²) in [5.41, 5.74) is 0. The van der Waals surface area contributed by atoms with E-state index in [-0.39, 0.29) is 31.1 Å². The zero-order valence-electron chi connectivity index (χ0n) is 45.2. The molecule has 0 saturated heterocycles. The molecule has 1 atom stereocenters. The van der Waals surface area contributed by atoms with Crippen molar-refractivity contribution in [1.82, 2.24) is 0 Å². The van der Waals surface area contributed by atoms with E-state index in [1.807, 2.05) is 0 Å². The summed E-state index contributed by atoms with van der Waals surface area (Å²) in [6, 6.07) is 0. The van der Waals surface area contributed by atoms with Crippen molar-refractivity contribution in [2.45, 2.75) is 335 Å². The fraction of sp³-hybridized carbons (Fsp3) is 0.885. The molecule has 394 valence electrons. The van der Waals surface area contributed by atoms with Gasteiger partial charge in [-0.25, -0.2) is 0 Å². The summed E-state index contributed by atoms with van der Waals surface area (Å²) >= 11 is 0. The summed E-state index contributed by atoms with van der Waals surface area (Å²) < 4.78 is 16.9. The first-order chi connectivity index (χ1) is 33.0. The van der Waals surface area contributed by atoms with Crippen LogP contribution in [0.25, 0.3) is 0 Å². The second-order valence-electron chi connectivity index (χ2n) is 20.3. The zero-order chi connectivity index (χ0) is 48.6. The van der Waals surface area contributed by atoms with Gasteiger partial charge in [-0.1, -0.05) is 263 Å². The first-order valence-corrected chi connectivity index (χ1v) is 29.8. The molecule has 0 saturated carbocycles. The maximum Gasteiger partial charge on any atom is 0.306 e. The molecule has 6 heteroatoms. The lowest BCUT2D eigenvalue weighted by atomic mass is 10.0. The number of hydrogen-bond donors (Lipinski definition) is 0. The minimum absolute atomic E-state index is 0.0729. The molecular formula is C61H114O6. The maximum absolute atomic E-state index is 12.8. The Morgan fingerprint density at radius 3 is 0.761 bits per heavy atom. The fourth-order valence-electron chi connectivity index (χ4n) is 8.91. The molecule has 0 rings (SSSR count). The molecule has 0 heterocycles. The third kappa shape index (κ3) is 54.7. The van der Waals surface area contributed by atoms with Crippen LogP contribution >= 0.6 is 0 Å². The summed E-state index contributed by atoms with van der Waals surface area (Å²) in [5.74, 6) is -0.872. The van der Waals surface area contributed by atoms with Crippen LogP contribution in [0.15, 0.2) is 24.3 Å².